The Morgan fingerprint density at radius 3 is 1.64 bits per heavy atom. The van der Waals surface area contributed by atoms with E-state index in [-0.39, 0.29) is 5.69 Å². The number of nitrogens with zero attached hydrogens (tertiary/aromatic N) is 3. The van der Waals surface area contributed by atoms with Gasteiger partial charge in [0.15, 0.2) is 0 Å². The average Bonchev–Trinajstić information content (AvgIpc) is 2.61. The Kier molecular flexibility index (Phi) is 4.18. The summed E-state index contributed by atoms with van der Waals surface area (Å²) in [6.45, 7) is 0. The smallest absolute Gasteiger partial charge is 0.258 e. The maximum absolute atomic E-state index is 12.7. The number of aromatic nitrogens is 2. The summed E-state index contributed by atoms with van der Waals surface area (Å²) in [5, 5.41) is 10.7. The van der Waals surface area contributed by atoms with Crippen LogP contribution in [0.15, 0.2) is 60.9 Å². The maximum atomic E-state index is 12.7. The average molecular weight is 345 g/mol. The van der Waals surface area contributed by atoms with Gasteiger partial charge in [-0.2, -0.15) is 13.2 Å². The van der Waals surface area contributed by atoms with Gasteiger partial charge in [0, 0.05) is 35.7 Å². The number of non-ortho nitro benzene ring substituents is 1. The summed E-state index contributed by atoms with van der Waals surface area (Å²) in [5.74, 6) is 0. The van der Waals surface area contributed by atoms with Gasteiger partial charge in [0.1, 0.15) is 0 Å². The molecule has 0 N–H and O–H groups in total. The van der Waals surface area contributed by atoms with E-state index in [1.54, 1.807) is 0 Å². The van der Waals surface area contributed by atoms with Crippen molar-refractivity contribution in [2.24, 2.45) is 0 Å². The molecule has 0 amide bonds. The molecule has 0 aliphatic rings. The van der Waals surface area contributed by atoms with Gasteiger partial charge in [-0.25, -0.2) is 0 Å². The third kappa shape index (κ3) is 3.47. The van der Waals surface area contributed by atoms with E-state index in [2.05, 4.69) is 9.97 Å². The maximum Gasteiger partial charge on any atom is 0.416 e. The first-order chi connectivity index (χ1) is 11.9. The highest BCUT2D eigenvalue weighted by Crippen LogP contribution is 2.33. The highest BCUT2D eigenvalue weighted by molar-refractivity contribution is 5.78. The molecular formula is C17H10F3N3O2. The topological polar surface area (TPSA) is 68.9 Å². The standard InChI is InChI=1S/C17H10F3N3O2/c18-17(19,20)13-5-1-11(2-6-13)15-16(22-10-9-21-15)12-3-7-14(8-4-12)23(24)25/h1-10H. The molecule has 0 bridgehead atoms. The molecule has 5 nitrogen and oxygen atoms in total. The molecule has 0 saturated carbocycles. The number of halogens is 3. The first-order valence-electron chi connectivity index (χ1n) is 7.10. The molecule has 0 fully saturated rings. The van der Waals surface area contributed by atoms with E-state index in [1.807, 2.05) is 0 Å². The van der Waals surface area contributed by atoms with Crippen molar-refractivity contribution in [3.8, 4) is 22.5 Å². The molecule has 1 heterocycles. The summed E-state index contributed by atoms with van der Waals surface area (Å²) in [7, 11) is 0. The summed E-state index contributed by atoms with van der Waals surface area (Å²) >= 11 is 0. The first kappa shape index (κ1) is 16.6. The largest absolute Gasteiger partial charge is 0.416 e. The lowest BCUT2D eigenvalue weighted by molar-refractivity contribution is -0.384. The van der Waals surface area contributed by atoms with Crippen LogP contribution in [0.25, 0.3) is 22.5 Å². The molecule has 0 atom stereocenters. The van der Waals surface area contributed by atoms with Crippen molar-refractivity contribution in [2.45, 2.75) is 6.18 Å². The summed E-state index contributed by atoms with van der Waals surface area (Å²) in [6.07, 6.45) is -1.53. The predicted molar refractivity (Wildman–Crippen MR) is 84.6 cm³/mol. The Hall–Kier alpha value is -3.29. The zero-order chi connectivity index (χ0) is 18.0. The van der Waals surface area contributed by atoms with Crippen LogP contribution in [0.3, 0.4) is 0 Å². The van der Waals surface area contributed by atoms with Crippen molar-refractivity contribution in [3.05, 3.63) is 76.6 Å². The second-order valence-corrected chi connectivity index (χ2v) is 5.13. The Morgan fingerprint density at radius 1 is 0.800 bits per heavy atom. The van der Waals surface area contributed by atoms with Gasteiger partial charge in [-0.15, -0.1) is 0 Å². The van der Waals surface area contributed by atoms with E-state index in [1.165, 1.54) is 48.8 Å². The van der Waals surface area contributed by atoms with Gasteiger partial charge in [-0.05, 0) is 24.3 Å². The molecule has 0 aliphatic heterocycles. The van der Waals surface area contributed by atoms with Crippen LogP contribution in [0.2, 0.25) is 0 Å². The van der Waals surface area contributed by atoms with Gasteiger partial charge in [0.2, 0.25) is 0 Å². The molecule has 3 aromatic rings. The van der Waals surface area contributed by atoms with E-state index < -0.39 is 16.7 Å². The Morgan fingerprint density at radius 2 is 1.24 bits per heavy atom. The second-order valence-electron chi connectivity index (χ2n) is 5.13. The van der Waals surface area contributed by atoms with Crippen LogP contribution in [0, 0.1) is 10.1 Å². The van der Waals surface area contributed by atoms with Crippen LogP contribution in [0.5, 0.6) is 0 Å². The number of hydrogen-bond acceptors (Lipinski definition) is 4. The van der Waals surface area contributed by atoms with Gasteiger partial charge in [0.25, 0.3) is 5.69 Å². The molecule has 1 aromatic heterocycles. The third-order valence-corrected chi connectivity index (χ3v) is 3.54. The van der Waals surface area contributed by atoms with E-state index in [0.717, 1.165) is 12.1 Å². The van der Waals surface area contributed by atoms with Crippen molar-refractivity contribution < 1.29 is 18.1 Å². The van der Waals surface area contributed by atoms with E-state index in [0.29, 0.717) is 22.5 Å². The minimum atomic E-state index is -4.41. The number of nitro benzene ring substituents is 1. The van der Waals surface area contributed by atoms with Crippen LogP contribution < -0.4 is 0 Å². The molecule has 0 radical (unpaired) electrons. The highest BCUT2D eigenvalue weighted by atomic mass is 19.4. The lowest BCUT2D eigenvalue weighted by atomic mass is 10.0. The first-order valence-corrected chi connectivity index (χ1v) is 7.10. The quantitative estimate of drug-likeness (QED) is 0.508. The molecule has 0 spiro atoms. The van der Waals surface area contributed by atoms with Gasteiger partial charge in [-0.3, -0.25) is 20.1 Å². The molecule has 0 saturated heterocycles. The second kappa shape index (κ2) is 6.31. The number of hydrogen-bond donors (Lipinski definition) is 0. The molecule has 3 rings (SSSR count). The van der Waals surface area contributed by atoms with Crippen molar-refractivity contribution in [1.82, 2.24) is 9.97 Å². The fourth-order valence-electron chi connectivity index (χ4n) is 2.32. The van der Waals surface area contributed by atoms with Crippen LogP contribution in [0.4, 0.5) is 18.9 Å². The number of rotatable bonds is 3. The van der Waals surface area contributed by atoms with Crippen molar-refractivity contribution in [1.29, 1.82) is 0 Å². The molecule has 25 heavy (non-hydrogen) atoms. The van der Waals surface area contributed by atoms with Crippen LogP contribution >= 0.6 is 0 Å². The summed E-state index contributed by atoms with van der Waals surface area (Å²) in [4.78, 5) is 18.6. The summed E-state index contributed by atoms with van der Waals surface area (Å²) < 4.78 is 38.1. The van der Waals surface area contributed by atoms with E-state index >= 15 is 0 Å². The lowest BCUT2D eigenvalue weighted by Gasteiger charge is -2.10. The van der Waals surface area contributed by atoms with Gasteiger partial charge in [0.05, 0.1) is 21.9 Å². The van der Waals surface area contributed by atoms with Gasteiger partial charge >= 0.3 is 6.18 Å². The molecule has 2 aromatic carbocycles. The number of nitro groups is 1. The Balaban J connectivity index is 2.03. The van der Waals surface area contributed by atoms with Crippen LogP contribution in [-0.4, -0.2) is 14.9 Å². The Labute approximate surface area is 139 Å². The Bertz CT molecular complexity index is 908. The van der Waals surface area contributed by atoms with Crippen molar-refractivity contribution in [2.75, 3.05) is 0 Å². The minimum Gasteiger partial charge on any atom is -0.258 e. The highest BCUT2D eigenvalue weighted by Gasteiger charge is 2.30. The van der Waals surface area contributed by atoms with Crippen molar-refractivity contribution >= 4 is 5.69 Å². The zero-order valence-electron chi connectivity index (χ0n) is 12.6. The molecular weight excluding hydrogens is 335 g/mol. The van der Waals surface area contributed by atoms with Crippen LogP contribution in [-0.2, 0) is 6.18 Å². The third-order valence-electron chi connectivity index (χ3n) is 3.54. The van der Waals surface area contributed by atoms with E-state index in [4.69, 9.17) is 0 Å². The SMILES string of the molecule is O=[N+]([O-])c1ccc(-c2nccnc2-c2ccc(C(F)(F)F)cc2)cc1. The molecule has 126 valence electrons. The van der Waals surface area contributed by atoms with Gasteiger partial charge in [-0.1, -0.05) is 12.1 Å². The fraction of sp³-hybridized carbons (Fsp3) is 0.0588. The summed E-state index contributed by atoms with van der Waals surface area (Å²) in [5.41, 5.74) is 1.05. The summed E-state index contributed by atoms with van der Waals surface area (Å²) in [6, 6.07) is 10.3. The number of alkyl halides is 3. The minimum absolute atomic E-state index is 0.0660. The lowest BCUT2D eigenvalue weighted by Crippen LogP contribution is -2.04. The monoisotopic (exact) mass is 345 g/mol. The van der Waals surface area contributed by atoms with E-state index in [9.17, 15) is 23.3 Å². The molecule has 8 heteroatoms. The van der Waals surface area contributed by atoms with Crippen molar-refractivity contribution in [3.63, 3.8) is 0 Å². The van der Waals surface area contributed by atoms with Crippen LogP contribution in [0.1, 0.15) is 5.56 Å². The fourth-order valence-corrected chi connectivity index (χ4v) is 2.32. The number of benzene rings is 2. The normalized spacial score (nSPS) is 11.3. The predicted octanol–water partition coefficient (Wildman–Crippen LogP) is 4.74. The molecule has 0 aliphatic carbocycles. The molecule has 0 unspecified atom stereocenters. The van der Waals surface area contributed by atoms with Gasteiger partial charge < -0.3 is 0 Å². The zero-order valence-corrected chi connectivity index (χ0v) is 12.6.